The van der Waals surface area contributed by atoms with E-state index >= 15 is 0 Å². The molecule has 0 heterocycles. The predicted octanol–water partition coefficient (Wildman–Crippen LogP) is 2.57. The van der Waals surface area contributed by atoms with Crippen molar-refractivity contribution in [3.8, 4) is 0 Å². The average Bonchev–Trinajstić information content (AvgIpc) is 2.13. The van der Waals surface area contributed by atoms with Gasteiger partial charge in [0.2, 0.25) is 0 Å². The summed E-state index contributed by atoms with van der Waals surface area (Å²) in [6, 6.07) is 6.07. The lowest BCUT2D eigenvalue weighted by molar-refractivity contribution is -0.112. The minimum atomic E-state index is -1.26. The smallest absolute Gasteiger partial charge is 0.153 e. The first-order valence-electron chi connectivity index (χ1n) is 5.02. The molecule has 1 N–H and O–H groups in total. The van der Waals surface area contributed by atoms with Crippen molar-refractivity contribution < 1.29 is 14.3 Å². The highest BCUT2D eigenvalue weighted by atomic mass is 19.1. The van der Waals surface area contributed by atoms with Crippen LogP contribution in [0.1, 0.15) is 26.3 Å². The standard InChI is InChI=1S/C13H15FO2/c1-9(15)8-11(13(2,3)16)10-6-4-5-7-12(10)14/h4-8,16H,1-3H3/b11-8-. The van der Waals surface area contributed by atoms with Crippen molar-refractivity contribution in [2.75, 3.05) is 0 Å². The second-order valence-corrected chi connectivity index (χ2v) is 4.21. The maximum absolute atomic E-state index is 13.6. The Labute approximate surface area is 94.4 Å². The number of benzene rings is 1. The van der Waals surface area contributed by atoms with Crippen molar-refractivity contribution >= 4 is 11.4 Å². The van der Waals surface area contributed by atoms with Gasteiger partial charge in [-0.25, -0.2) is 4.39 Å². The molecule has 0 atom stereocenters. The van der Waals surface area contributed by atoms with Crippen LogP contribution in [-0.2, 0) is 4.79 Å². The van der Waals surface area contributed by atoms with Gasteiger partial charge in [0.15, 0.2) is 5.78 Å². The maximum Gasteiger partial charge on any atom is 0.153 e. The fourth-order valence-electron chi connectivity index (χ4n) is 1.47. The molecule has 0 aromatic heterocycles. The summed E-state index contributed by atoms with van der Waals surface area (Å²) in [6.45, 7) is 4.41. The van der Waals surface area contributed by atoms with Gasteiger partial charge in [0.25, 0.3) is 0 Å². The van der Waals surface area contributed by atoms with E-state index in [-0.39, 0.29) is 16.9 Å². The number of carbonyl (C=O) groups excluding carboxylic acids is 1. The summed E-state index contributed by atoms with van der Waals surface area (Å²) < 4.78 is 13.6. The first-order valence-corrected chi connectivity index (χ1v) is 5.02. The zero-order valence-electron chi connectivity index (χ0n) is 9.62. The van der Waals surface area contributed by atoms with E-state index in [4.69, 9.17) is 0 Å². The number of hydrogen-bond acceptors (Lipinski definition) is 2. The lowest BCUT2D eigenvalue weighted by Gasteiger charge is -2.22. The monoisotopic (exact) mass is 222 g/mol. The van der Waals surface area contributed by atoms with Gasteiger partial charge in [-0.15, -0.1) is 0 Å². The third kappa shape index (κ3) is 3.00. The molecule has 0 spiro atoms. The molecule has 1 rings (SSSR count). The topological polar surface area (TPSA) is 37.3 Å². The van der Waals surface area contributed by atoms with Gasteiger partial charge in [0.05, 0.1) is 5.60 Å². The van der Waals surface area contributed by atoms with Crippen LogP contribution in [0.5, 0.6) is 0 Å². The van der Waals surface area contributed by atoms with E-state index < -0.39 is 11.4 Å². The predicted molar refractivity (Wildman–Crippen MR) is 61.4 cm³/mol. The van der Waals surface area contributed by atoms with Gasteiger partial charge in [-0.2, -0.15) is 0 Å². The van der Waals surface area contributed by atoms with Crippen LogP contribution in [-0.4, -0.2) is 16.5 Å². The Morgan fingerprint density at radius 2 is 1.94 bits per heavy atom. The highest BCUT2D eigenvalue weighted by Gasteiger charge is 2.23. The largest absolute Gasteiger partial charge is 0.386 e. The molecule has 16 heavy (non-hydrogen) atoms. The molecule has 0 fully saturated rings. The van der Waals surface area contributed by atoms with Gasteiger partial charge in [-0.3, -0.25) is 4.79 Å². The highest BCUT2D eigenvalue weighted by molar-refractivity contribution is 5.96. The van der Waals surface area contributed by atoms with Crippen LogP contribution >= 0.6 is 0 Å². The summed E-state index contributed by atoms with van der Waals surface area (Å²) in [5, 5.41) is 9.92. The summed E-state index contributed by atoms with van der Waals surface area (Å²) in [5.41, 5.74) is -0.711. The van der Waals surface area contributed by atoms with Crippen LogP contribution in [0, 0.1) is 5.82 Å². The first-order chi connectivity index (χ1) is 7.32. The molecular weight excluding hydrogens is 207 g/mol. The quantitative estimate of drug-likeness (QED) is 0.798. The Morgan fingerprint density at radius 3 is 2.38 bits per heavy atom. The number of rotatable bonds is 3. The molecule has 0 unspecified atom stereocenters. The summed E-state index contributed by atoms with van der Waals surface area (Å²) in [4.78, 5) is 11.1. The molecule has 0 bridgehead atoms. The van der Waals surface area contributed by atoms with Crippen molar-refractivity contribution in [2.24, 2.45) is 0 Å². The van der Waals surface area contributed by atoms with Crippen LogP contribution < -0.4 is 0 Å². The van der Waals surface area contributed by atoms with Crippen LogP contribution in [0.3, 0.4) is 0 Å². The summed E-state index contributed by atoms with van der Waals surface area (Å²) in [7, 11) is 0. The molecule has 3 heteroatoms. The van der Waals surface area contributed by atoms with Crippen LogP contribution in [0.15, 0.2) is 30.3 Å². The van der Waals surface area contributed by atoms with Gasteiger partial charge in [-0.05, 0) is 38.5 Å². The van der Waals surface area contributed by atoms with Crippen LogP contribution in [0.2, 0.25) is 0 Å². The number of carbonyl (C=O) groups is 1. The molecule has 1 aromatic carbocycles. The van der Waals surface area contributed by atoms with E-state index in [1.54, 1.807) is 18.2 Å². The lowest BCUT2D eigenvalue weighted by Crippen LogP contribution is -2.22. The highest BCUT2D eigenvalue weighted by Crippen LogP contribution is 2.28. The van der Waals surface area contributed by atoms with E-state index in [9.17, 15) is 14.3 Å². The van der Waals surface area contributed by atoms with Crippen molar-refractivity contribution in [3.63, 3.8) is 0 Å². The summed E-state index contributed by atoms with van der Waals surface area (Å²) in [5.74, 6) is -0.669. The first kappa shape index (κ1) is 12.6. The van der Waals surface area contributed by atoms with Gasteiger partial charge in [0, 0.05) is 5.56 Å². The molecule has 1 aromatic rings. The fourth-order valence-corrected chi connectivity index (χ4v) is 1.47. The van der Waals surface area contributed by atoms with E-state index in [1.165, 1.54) is 32.9 Å². The summed E-state index contributed by atoms with van der Waals surface area (Å²) >= 11 is 0. The minimum Gasteiger partial charge on any atom is -0.386 e. The average molecular weight is 222 g/mol. The molecule has 0 saturated heterocycles. The Hall–Kier alpha value is -1.48. The van der Waals surface area contributed by atoms with Gasteiger partial charge < -0.3 is 5.11 Å². The molecule has 0 aliphatic carbocycles. The van der Waals surface area contributed by atoms with Gasteiger partial charge in [-0.1, -0.05) is 18.2 Å². The second-order valence-electron chi connectivity index (χ2n) is 4.21. The van der Waals surface area contributed by atoms with Gasteiger partial charge >= 0.3 is 0 Å². The fraction of sp³-hybridized carbons (Fsp3) is 0.308. The van der Waals surface area contributed by atoms with E-state index in [1.807, 2.05) is 0 Å². The van der Waals surface area contributed by atoms with Gasteiger partial charge in [0.1, 0.15) is 5.82 Å². The SMILES string of the molecule is CC(=O)/C=C(/c1ccccc1F)C(C)(C)O. The Balaban J connectivity index is 3.34. The minimum absolute atomic E-state index is 0.222. The van der Waals surface area contributed by atoms with Crippen LogP contribution in [0.4, 0.5) is 4.39 Å². The molecule has 0 amide bonds. The van der Waals surface area contributed by atoms with Crippen molar-refractivity contribution in [3.05, 3.63) is 41.7 Å². The lowest BCUT2D eigenvalue weighted by atomic mass is 9.90. The van der Waals surface area contributed by atoms with Crippen molar-refractivity contribution in [2.45, 2.75) is 26.4 Å². The van der Waals surface area contributed by atoms with Crippen molar-refractivity contribution in [1.82, 2.24) is 0 Å². The molecule has 0 aliphatic rings. The zero-order valence-corrected chi connectivity index (χ0v) is 9.62. The number of allylic oxidation sites excluding steroid dienone is 1. The molecular formula is C13H15FO2. The third-order valence-electron chi connectivity index (χ3n) is 2.17. The third-order valence-corrected chi connectivity index (χ3v) is 2.17. The number of aliphatic hydroxyl groups is 1. The number of hydrogen-bond donors (Lipinski definition) is 1. The Bertz CT molecular complexity index is 428. The van der Waals surface area contributed by atoms with E-state index in [0.717, 1.165) is 0 Å². The number of halogens is 1. The second kappa shape index (κ2) is 4.58. The van der Waals surface area contributed by atoms with E-state index in [0.29, 0.717) is 0 Å². The number of ketones is 1. The van der Waals surface area contributed by atoms with E-state index in [2.05, 4.69) is 0 Å². The molecule has 0 aliphatic heterocycles. The Kier molecular flexibility index (Phi) is 3.60. The summed E-state index contributed by atoms with van der Waals surface area (Å²) in [6.07, 6.45) is 1.26. The zero-order chi connectivity index (χ0) is 12.3. The molecule has 0 saturated carbocycles. The molecule has 0 radical (unpaired) electrons. The van der Waals surface area contributed by atoms with Crippen molar-refractivity contribution in [1.29, 1.82) is 0 Å². The maximum atomic E-state index is 13.6. The molecule has 86 valence electrons. The molecule has 2 nitrogen and oxygen atoms in total. The normalized spacial score (nSPS) is 12.7. The van der Waals surface area contributed by atoms with Crippen LogP contribution in [0.25, 0.3) is 5.57 Å². The Morgan fingerprint density at radius 1 is 1.38 bits per heavy atom.